The second kappa shape index (κ2) is 5.49. The van der Waals surface area contributed by atoms with E-state index in [0.717, 1.165) is 0 Å². The van der Waals surface area contributed by atoms with Crippen LogP contribution >= 0.6 is 11.6 Å². The van der Waals surface area contributed by atoms with Crippen molar-refractivity contribution >= 4 is 17.2 Å². The van der Waals surface area contributed by atoms with Crippen molar-refractivity contribution in [3.05, 3.63) is 35.0 Å². The number of aromatic nitrogens is 5. The molecule has 8 heteroatoms. The lowest BCUT2D eigenvalue weighted by atomic mass is 10.2. The molecule has 22 heavy (non-hydrogen) atoms. The van der Waals surface area contributed by atoms with Crippen molar-refractivity contribution in [3.63, 3.8) is 0 Å². The quantitative estimate of drug-likeness (QED) is 0.741. The molecule has 0 aromatic carbocycles. The average Bonchev–Trinajstić information content (AvgIpc) is 2.80. The van der Waals surface area contributed by atoms with Gasteiger partial charge in [-0.25, -0.2) is 9.37 Å². The van der Waals surface area contributed by atoms with E-state index in [4.69, 9.17) is 16.3 Å². The van der Waals surface area contributed by atoms with Gasteiger partial charge in [-0.05, 0) is 26.8 Å². The summed E-state index contributed by atoms with van der Waals surface area (Å²) in [5.41, 5.74) is 1.38. The van der Waals surface area contributed by atoms with E-state index < -0.39 is 5.82 Å². The summed E-state index contributed by atoms with van der Waals surface area (Å²) in [7, 11) is 0. The molecule has 0 saturated heterocycles. The monoisotopic (exact) mass is 321 g/mol. The molecule has 0 amide bonds. The van der Waals surface area contributed by atoms with Crippen molar-refractivity contribution in [3.8, 4) is 17.1 Å². The number of rotatable bonds is 3. The highest BCUT2D eigenvalue weighted by atomic mass is 35.5. The Morgan fingerprint density at radius 2 is 2.05 bits per heavy atom. The first-order valence-electron chi connectivity index (χ1n) is 6.67. The van der Waals surface area contributed by atoms with E-state index in [1.54, 1.807) is 26.8 Å². The molecule has 0 radical (unpaired) electrons. The average molecular weight is 322 g/mol. The molecule has 3 heterocycles. The summed E-state index contributed by atoms with van der Waals surface area (Å²) in [5.74, 6) is 0.00202. The van der Waals surface area contributed by atoms with E-state index >= 15 is 0 Å². The van der Waals surface area contributed by atoms with E-state index in [9.17, 15) is 4.39 Å². The van der Waals surface area contributed by atoms with Crippen LogP contribution in [0.15, 0.2) is 18.3 Å². The molecule has 3 rings (SSSR count). The molecule has 0 aliphatic carbocycles. The third-order valence-electron chi connectivity index (χ3n) is 2.93. The fourth-order valence-corrected chi connectivity index (χ4v) is 2.22. The number of fused-ring (bicyclic) bond motifs is 1. The molecule has 0 fully saturated rings. The maximum Gasteiger partial charge on any atom is 0.250 e. The van der Waals surface area contributed by atoms with Gasteiger partial charge in [-0.15, -0.1) is 10.2 Å². The summed E-state index contributed by atoms with van der Waals surface area (Å²) in [6.07, 6.45) is 1.31. The van der Waals surface area contributed by atoms with Crippen LogP contribution in [0.25, 0.3) is 16.9 Å². The van der Waals surface area contributed by atoms with Gasteiger partial charge < -0.3 is 4.74 Å². The zero-order chi connectivity index (χ0) is 15.9. The van der Waals surface area contributed by atoms with Gasteiger partial charge in [0.05, 0.1) is 11.1 Å². The standard InChI is InChI=1S/C14H13ClFN5O/c1-7(2)22-14-11(16)4-9(6-17-14)13-10(15)5-12-19-18-8(3)21(12)20-13/h4-7H,1-3H3. The van der Waals surface area contributed by atoms with Gasteiger partial charge >= 0.3 is 0 Å². The predicted octanol–water partition coefficient (Wildman–Crippen LogP) is 3.07. The van der Waals surface area contributed by atoms with Crippen molar-refractivity contribution in [1.29, 1.82) is 0 Å². The van der Waals surface area contributed by atoms with Crippen molar-refractivity contribution in [2.24, 2.45) is 0 Å². The second-order valence-corrected chi connectivity index (χ2v) is 5.44. The van der Waals surface area contributed by atoms with Gasteiger partial charge in [0.1, 0.15) is 5.69 Å². The molecule has 0 unspecified atom stereocenters. The van der Waals surface area contributed by atoms with Gasteiger partial charge in [0.15, 0.2) is 17.3 Å². The Kier molecular flexibility index (Phi) is 3.66. The summed E-state index contributed by atoms with van der Waals surface area (Å²) >= 11 is 6.20. The van der Waals surface area contributed by atoms with Crippen molar-refractivity contribution < 1.29 is 9.13 Å². The predicted molar refractivity (Wildman–Crippen MR) is 79.5 cm³/mol. The van der Waals surface area contributed by atoms with Gasteiger partial charge in [0.25, 0.3) is 5.88 Å². The van der Waals surface area contributed by atoms with Gasteiger partial charge in [0, 0.05) is 17.8 Å². The Labute approximate surface area is 130 Å². The summed E-state index contributed by atoms with van der Waals surface area (Å²) in [6, 6.07) is 2.92. The van der Waals surface area contributed by atoms with Gasteiger partial charge in [-0.3, -0.25) is 0 Å². The Morgan fingerprint density at radius 3 is 2.73 bits per heavy atom. The van der Waals surface area contributed by atoms with Crippen molar-refractivity contribution in [2.45, 2.75) is 26.9 Å². The summed E-state index contributed by atoms with van der Waals surface area (Å²) in [4.78, 5) is 3.99. The summed E-state index contributed by atoms with van der Waals surface area (Å²) in [5, 5.41) is 12.5. The minimum absolute atomic E-state index is 0.0450. The maximum atomic E-state index is 14.1. The zero-order valence-electron chi connectivity index (χ0n) is 12.2. The number of nitrogens with zero attached hydrogens (tertiary/aromatic N) is 5. The molecule has 0 bridgehead atoms. The Bertz CT molecular complexity index is 849. The van der Waals surface area contributed by atoms with Crippen molar-refractivity contribution in [1.82, 2.24) is 24.8 Å². The van der Waals surface area contributed by atoms with Gasteiger partial charge in [0.2, 0.25) is 0 Å². The second-order valence-electron chi connectivity index (χ2n) is 5.04. The molecule has 0 N–H and O–H groups in total. The molecular formula is C14H13ClFN5O. The molecule has 3 aromatic rings. The number of hydrogen-bond donors (Lipinski definition) is 0. The first-order chi connectivity index (χ1) is 10.5. The highest BCUT2D eigenvalue weighted by molar-refractivity contribution is 6.33. The molecular weight excluding hydrogens is 309 g/mol. The molecule has 0 aliphatic rings. The van der Waals surface area contributed by atoms with Crippen LogP contribution < -0.4 is 4.74 Å². The molecule has 114 valence electrons. The van der Waals surface area contributed by atoms with Gasteiger partial charge in [-0.1, -0.05) is 11.6 Å². The highest BCUT2D eigenvalue weighted by Crippen LogP contribution is 2.28. The largest absolute Gasteiger partial charge is 0.473 e. The van der Waals surface area contributed by atoms with Crippen LogP contribution in [-0.4, -0.2) is 30.9 Å². The number of pyridine rings is 1. The number of halogens is 2. The third kappa shape index (κ3) is 2.59. The third-order valence-corrected chi connectivity index (χ3v) is 3.22. The Balaban J connectivity index is 2.09. The molecule has 0 aliphatic heterocycles. The van der Waals surface area contributed by atoms with Crippen LogP contribution in [0.5, 0.6) is 5.88 Å². The normalized spacial score (nSPS) is 11.4. The topological polar surface area (TPSA) is 65.2 Å². The van der Waals surface area contributed by atoms with Crippen LogP contribution in [0, 0.1) is 12.7 Å². The zero-order valence-corrected chi connectivity index (χ0v) is 13.0. The van der Waals surface area contributed by atoms with Crippen LogP contribution in [0.2, 0.25) is 5.02 Å². The Hall–Kier alpha value is -2.28. The lowest BCUT2D eigenvalue weighted by Gasteiger charge is -2.10. The lowest BCUT2D eigenvalue weighted by molar-refractivity contribution is 0.221. The minimum Gasteiger partial charge on any atom is -0.473 e. The van der Waals surface area contributed by atoms with E-state index in [-0.39, 0.29) is 12.0 Å². The fraction of sp³-hybridized carbons (Fsp3) is 0.286. The summed E-state index contributed by atoms with van der Waals surface area (Å²) < 4.78 is 20.9. The highest BCUT2D eigenvalue weighted by Gasteiger charge is 2.15. The van der Waals surface area contributed by atoms with Crippen LogP contribution in [0.3, 0.4) is 0 Å². The number of ether oxygens (including phenoxy) is 1. The number of aryl methyl sites for hydroxylation is 1. The van der Waals surface area contributed by atoms with Crippen LogP contribution in [0.4, 0.5) is 4.39 Å². The Morgan fingerprint density at radius 1 is 1.27 bits per heavy atom. The van der Waals surface area contributed by atoms with E-state index in [1.165, 1.54) is 16.8 Å². The van der Waals surface area contributed by atoms with E-state index in [1.807, 2.05) is 0 Å². The van der Waals surface area contributed by atoms with Crippen LogP contribution in [-0.2, 0) is 0 Å². The molecule has 0 atom stereocenters. The van der Waals surface area contributed by atoms with Crippen molar-refractivity contribution in [2.75, 3.05) is 0 Å². The molecule has 3 aromatic heterocycles. The first kappa shape index (κ1) is 14.6. The molecule has 6 nitrogen and oxygen atoms in total. The molecule has 0 spiro atoms. The van der Waals surface area contributed by atoms with Crippen LogP contribution in [0.1, 0.15) is 19.7 Å². The lowest BCUT2D eigenvalue weighted by Crippen LogP contribution is -2.08. The van der Waals surface area contributed by atoms with Gasteiger partial charge in [-0.2, -0.15) is 9.61 Å². The smallest absolute Gasteiger partial charge is 0.250 e. The fourth-order valence-electron chi connectivity index (χ4n) is 1.98. The first-order valence-corrected chi connectivity index (χ1v) is 7.04. The SMILES string of the molecule is Cc1nnc2cc(Cl)c(-c3cnc(OC(C)C)c(F)c3)nn12. The minimum atomic E-state index is -0.565. The maximum absolute atomic E-state index is 14.1. The van der Waals surface area contributed by atoms with E-state index in [0.29, 0.717) is 27.8 Å². The summed E-state index contributed by atoms with van der Waals surface area (Å²) in [6.45, 7) is 5.37. The molecule has 0 saturated carbocycles. The van der Waals surface area contributed by atoms with E-state index in [2.05, 4.69) is 20.3 Å². The number of hydrogen-bond acceptors (Lipinski definition) is 5.